The van der Waals surface area contributed by atoms with Gasteiger partial charge < -0.3 is 29.2 Å². The molecule has 1 aliphatic carbocycles. The van der Waals surface area contributed by atoms with Crippen molar-refractivity contribution in [1.29, 1.82) is 0 Å². The molecule has 5 rings (SSSR count). The van der Waals surface area contributed by atoms with Gasteiger partial charge in [0.05, 0.1) is 30.6 Å². The van der Waals surface area contributed by atoms with Gasteiger partial charge in [0.25, 0.3) is 0 Å². The molecule has 1 unspecified atom stereocenters. The zero-order valence-corrected chi connectivity index (χ0v) is 26.5. The van der Waals surface area contributed by atoms with E-state index in [1.807, 2.05) is 32.9 Å². The predicted molar refractivity (Wildman–Crippen MR) is 160 cm³/mol. The minimum absolute atomic E-state index is 0.0117. The Kier molecular flexibility index (Phi) is 8.41. The second-order valence-electron chi connectivity index (χ2n) is 13.8. The lowest BCUT2D eigenvalue weighted by Crippen LogP contribution is -2.49. The molecule has 3 heterocycles. The standard InChI is InChI=1S/C32H45NO8S/c1-29(2,3)42-25(34)18-32(37,12-7-10-30(4,5)36)28(35)41-27-24(38-6)17-31-11-8-13-33(31)14-9-20-15-22-23(40-19-39-22)16-21(20)26(27)31/h15-17,26-27,36-37H,7-14,18-19H2,1-6H3/t26-,27?,31-,32+/m1/s1. The third-order valence-corrected chi connectivity index (χ3v) is 9.80. The van der Waals surface area contributed by atoms with E-state index in [1.165, 1.54) is 0 Å². The number of aliphatic hydroxyl groups is 2. The zero-order chi connectivity index (χ0) is 30.5. The lowest BCUT2D eigenvalue weighted by molar-refractivity contribution is -0.175. The van der Waals surface area contributed by atoms with Gasteiger partial charge in [0.1, 0.15) is 5.76 Å². The van der Waals surface area contributed by atoms with Gasteiger partial charge in [-0.25, -0.2) is 4.79 Å². The van der Waals surface area contributed by atoms with Crippen LogP contribution in [-0.2, 0) is 25.5 Å². The first-order valence-corrected chi connectivity index (χ1v) is 15.8. The fourth-order valence-electron chi connectivity index (χ4n) is 7.01. The molecule has 1 fully saturated rings. The Labute approximate surface area is 252 Å². The highest BCUT2D eigenvalue weighted by Gasteiger charge is 2.59. The molecule has 0 bridgehead atoms. The molecule has 4 atom stereocenters. The molecule has 9 nitrogen and oxygen atoms in total. The second-order valence-corrected chi connectivity index (χ2v) is 15.6. The number of hydrogen-bond donors (Lipinski definition) is 2. The molecule has 3 aliphatic heterocycles. The molecule has 1 aromatic rings. The Morgan fingerprint density at radius 3 is 2.48 bits per heavy atom. The number of carbonyl (C=O) groups excluding carboxylic acids is 2. The lowest BCUT2D eigenvalue weighted by atomic mass is 9.77. The van der Waals surface area contributed by atoms with Crippen LogP contribution in [0.2, 0.25) is 0 Å². The second kappa shape index (κ2) is 11.3. The van der Waals surface area contributed by atoms with E-state index in [0.717, 1.165) is 55.2 Å². The quantitative estimate of drug-likeness (QED) is 0.392. The van der Waals surface area contributed by atoms with Crippen LogP contribution < -0.4 is 9.47 Å². The number of rotatable bonds is 9. The van der Waals surface area contributed by atoms with Crippen LogP contribution in [0.3, 0.4) is 0 Å². The van der Waals surface area contributed by atoms with Crippen molar-refractivity contribution >= 4 is 22.8 Å². The Balaban J connectivity index is 1.49. The molecule has 0 saturated carbocycles. The Morgan fingerprint density at radius 2 is 1.81 bits per heavy atom. The van der Waals surface area contributed by atoms with Crippen LogP contribution in [0.25, 0.3) is 0 Å². The molecule has 1 aromatic carbocycles. The first-order chi connectivity index (χ1) is 19.6. The largest absolute Gasteiger partial charge is 0.497 e. The summed E-state index contributed by atoms with van der Waals surface area (Å²) < 4.78 is 23.2. The van der Waals surface area contributed by atoms with Crippen LogP contribution in [0, 0.1) is 0 Å². The van der Waals surface area contributed by atoms with Gasteiger partial charge in [0.15, 0.2) is 28.3 Å². The summed E-state index contributed by atoms with van der Waals surface area (Å²) in [6.45, 7) is 11.0. The third-order valence-electron chi connectivity index (χ3n) is 8.81. The SMILES string of the molecule is COC1=C[C@@]23CCCN2CCc2cc4c(cc2[C@@H]3C1OC(=O)[C@](O)(CCCC(C)(C)O)CC(=O)SC(C)(C)C)OCO4. The monoisotopic (exact) mass is 603 g/mol. The lowest BCUT2D eigenvalue weighted by Gasteiger charge is -2.39. The first-order valence-electron chi connectivity index (χ1n) is 15.0. The van der Waals surface area contributed by atoms with Crippen molar-refractivity contribution in [1.82, 2.24) is 4.90 Å². The number of nitrogens with zero attached hydrogens (tertiary/aromatic N) is 1. The van der Waals surface area contributed by atoms with Crippen LogP contribution >= 0.6 is 11.8 Å². The van der Waals surface area contributed by atoms with Gasteiger partial charge in [-0.1, -0.05) is 32.5 Å². The molecule has 10 heteroatoms. The summed E-state index contributed by atoms with van der Waals surface area (Å²) in [6.07, 6.45) is 4.32. The van der Waals surface area contributed by atoms with Crippen LogP contribution in [0.1, 0.15) is 90.2 Å². The number of carbonyl (C=O) groups is 2. The molecule has 0 aromatic heterocycles. The topological polar surface area (TPSA) is 115 Å². The molecule has 42 heavy (non-hydrogen) atoms. The van der Waals surface area contributed by atoms with Gasteiger partial charge in [-0.3, -0.25) is 9.69 Å². The zero-order valence-electron chi connectivity index (χ0n) is 25.7. The summed E-state index contributed by atoms with van der Waals surface area (Å²) in [5, 5.41) is 21.8. The van der Waals surface area contributed by atoms with Crippen LogP contribution in [0.5, 0.6) is 11.5 Å². The smallest absolute Gasteiger partial charge is 0.339 e. The van der Waals surface area contributed by atoms with Crippen molar-refractivity contribution in [3.8, 4) is 11.5 Å². The van der Waals surface area contributed by atoms with Crippen molar-refractivity contribution in [2.24, 2.45) is 0 Å². The van der Waals surface area contributed by atoms with E-state index in [0.29, 0.717) is 30.1 Å². The number of hydrogen-bond acceptors (Lipinski definition) is 10. The van der Waals surface area contributed by atoms with Gasteiger partial charge in [0, 0.05) is 11.3 Å². The molecular weight excluding hydrogens is 558 g/mol. The summed E-state index contributed by atoms with van der Waals surface area (Å²) in [7, 11) is 1.58. The van der Waals surface area contributed by atoms with E-state index in [4.69, 9.17) is 18.9 Å². The number of esters is 1. The minimum Gasteiger partial charge on any atom is -0.497 e. The Bertz CT molecular complexity index is 1250. The molecule has 4 aliphatic rings. The maximum absolute atomic E-state index is 14.1. The van der Waals surface area contributed by atoms with E-state index < -0.39 is 28.8 Å². The fourth-order valence-corrected chi connectivity index (χ4v) is 8.01. The summed E-state index contributed by atoms with van der Waals surface area (Å²) in [4.78, 5) is 29.6. The third kappa shape index (κ3) is 6.18. The minimum atomic E-state index is -2.05. The highest BCUT2D eigenvalue weighted by molar-refractivity contribution is 8.14. The van der Waals surface area contributed by atoms with Gasteiger partial charge in [0.2, 0.25) is 6.79 Å². The van der Waals surface area contributed by atoms with Gasteiger partial charge in [-0.2, -0.15) is 0 Å². The average molecular weight is 604 g/mol. The van der Waals surface area contributed by atoms with Crippen molar-refractivity contribution in [2.75, 3.05) is 27.0 Å². The summed E-state index contributed by atoms with van der Waals surface area (Å²) in [5.74, 6) is 0.792. The van der Waals surface area contributed by atoms with Crippen molar-refractivity contribution in [3.05, 3.63) is 35.1 Å². The molecule has 2 N–H and O–H groups in total. The number of ether oxygens (including phenoxy) is 4. The van der Waals surface area contributed by atoms with Crippen LogP contribution in [-0.4, -0.2) is 80.8 Å². The Hall–Kier alpha value is -2.27. The number of benzene rings is 1. The first kappa shape index (κ1) is 31.2. The predicted octanol–water partition coefficient (Wildman–Crippen LogP) is 4.47. The van der Waals surface area contributed by atoms with Crippen molar-refractivity contribution in [3.63, 3.8) is 0 Å². The number of methoxy groups -OCH3 is 1. The summed E-state index contributed by atoms with van der Waals surface area (Å²) in [6, 6.07) is 4.05. The molecule has 0 radical (unpaired) electrons. The van der Waals surface area contributed by atoms with E-state index in [9.17, 15) is 19.8 Å². The number of fused-ring (bicyclic) bond motifs is 3. The van der Waals surface area contributed by atoms with Crippen molar-refractivity contribution in [2.45, 2.75) is 113 Å². The van der Waals surface area contributed by atoms with E-state index >= 15 is 0 Å². The van der Waals surface area contributed by atoms with Gasteiger partial charge in [-0.05, 0) is 88.3 Å². The molecule has 0 amide bonds. The fraction of sp³-hybridized carbons (Fsp3) is 0.688. The Morgan fingerprint density at radius 1 is 1.10 bits per heavy atom. The van der Waals surface area contributed by atoms with Gasteiger partial charge in [-0.15, -0.1) is 0 Å². The highest BCUT2D eigenvalue weighted by Crippen LogP contribution is 2.55. The van der Waals surface area contributed by atoms with Crippen molar-refractivity contribution < 1.29 is 38.7 Å². The highest BCUT2D eigenvalue weighted by atomic mass is 32.2. The molecule has 1 saturated heterocycles. The van der Waals surface area contributed by atoms with Crippen LogP contribution in [0.15, 0.2) is 24.0 Å². The normalized spacial score (nSPS) is 26.4. The van der Waals surface area contributed by atoms with E-state index in [-0.39, 0.29) is 35.4 Å². The number of thioether (sulfide) groups is 1. The summed E-state index contributed by atoms with van der Waals surface area (Å²) in [5.41, 5.74) is -1.29. The maximum Gasteiger partial charge on any atom is 0.339 e. The molecule has 232 valence electrons. The van der Waals surface area contributed by atoms with Crippen LogP contribution in [0.4, 0.5) is 0 Å². The maximum atomic E-state index is 14.1. The van der Waals surface area contributed by atoms with Gasteiger partial charge >= 0.3 is 5.97 Å². The van der Waals surface area contributed by atoms with E-state index in [1.54, 1.807) is 21.0 Å². The average Bonchev–Trinajstić information content (AvgIpc) is 3.55. The summed E-state index contributed by atoms with van der Waals surface area (Å²) >= 11 is 1.10. The molecule has 1 spiro atoms. The molecular formula is C32H45NO8S. The van der Waals surface area contributed by atoms with E-state index in [2.05, 4.69) is 11.0 Å².